The molecule has 0 aromatic carbocycles. The fourth-order valence-corrected chi connectivity index (χ4v) is 0.745. The second-order valence-electron chi connectivity index (χ2n) is 2.42. The van der Waals surface area contributed by atoms with Crippen molar-refractivity contribution in [2.75, 3.05) is 0 Å². The number of hydrogen-bond acceptors (Lipinski definition) is 1. The van der Waals surface area contributed by atoms with Gasteiger partial charge in [-0.1, -0.05) is 0 Å². The topological polar surface area (TPSA) is 29.1 Å². The van der Waals surface area contributed by atoms with Crippen molar-refractivity contribution in [3.05, 3.63) is 0 Å². The van der Waals surface area contributed by atoms with Gasteiger partial charge in [0.25, 0.3) is 0 Å². The predicted octanol–water partition coefficient (Wildman–Crippen LogP) is 1.46. The molecule has 0 rings (SSSR count). The van der Waals surface area contributed by atoms with E-state index in [2.05, 4.69) is 5.32 Å². The number of alkyl halides is 3. The third-order valence-electron chi connectivity index (χ3n) is 0.987. The molecule has 0 aliphatic carbocycles. The molecule has 0 bridgehead atoms. The summed E-state index contributed by atoms with van der Waals surface area (Å²) in [5.74, 6) is -0.443. The summed E-state index contributed by atoms with van der Waals surface area (Å²) >= 11 is 0. The molecule has 0 fully saturated rings. The van der Waals surface area contributed by atoms with E-state index in [1.165, 1.54) is 13.8 Å². The van der Waals surface area contributed by atoms with Crippen LogP contribution >= 0.6 is 0 Å². The number of amides is 1. The molecule has 0 aromatic heterocycles. The van der Waals surface area contributed by atoms with E-state index >= 15 is 0 Å². The Balaban J connectivity index is 3.69. The molecule has 1 amide bonds. The number of carbonyl (C=O) groups is 1. The van der Waals surface area contributed by atoms with E-state index in [0.717, 1.165) is 0 Å². The van der Waals surface area contributed by atoms with Crippen LogP contribution in [0.2, 0.25) is 0 Å². The number of nitrogens with one attached hydrogen (secondary N) is 1. The summed E-state index contributed by atoms with van der Waals surface area (Å²) in [5.41, 5.74) is 0. The standard InChI is InChI=1S/C6H10F3NO/c1-4(10-5(2)11)3-6(7,8)9/h4H,3H2,1-2H3,(H,10,11). The summed E-state index contributed by atoms with van der Waals surface area (Å²) in [6.07, 6.45) is -5.19. The van der Waals surface area contributed by atoms with Crippen molar-refractivity contribution in [3.63, 3.8) is 0 Å². The van der Waals surface area contributed by atoms with Crippen LogP contribution in [0.25, 0.3) is 0 Å². The lowest BCUT2D eigenvalue weighted by Gasteiger charge is -2.13. The highest BCUT2D eigenvalue weighted by Crippen LogP contribution is 2.20. The molecule has 11 heavy (non-hydrogen) atoms. The van der Waals surface area contributed by atoms with Crippen LogP contribution in [-0.4, -0.2) is 18.1 Å². The lowest BCUT2D eigenvalue weighted by Crippen LogP contribution is -2.34. The summed E-state index contributed by atoms with van der Waals surface area (Å²) in [6, 6.07) is -0.840. The van der Waals surface area contributed by atoms with Gasteiger partial charge in [0, 0.05) is 13.0 Å². The molecule has 0 aliphatic heterocycles. The van der Waals surface area contributed by atoms with Crippen molar-refractivity contribution in [1.82, 2.24) is 5.32 Å². The quantitative estimate of drug-likeness (QED) is 0.666. The van der Waals surface area contributed by atoms with Crippen LogP contribution < -0.4 is 5.32 Å². The monoisotopic (exact) mass is 169 g/mol. The molecule has 0 saturated heterocycles. The minimum Gasteiger partial charge on any atom is -0.354 e. The molecule has 1 unspecified atom stereocenters. The number of rotatable bonds is 2. The van der Waals surface area contributed by atoms with Crippen molar-refractivity contribution in [3.8, 4) is 0 Å². The Morgan fingerprint density at radius 2 is 2.00 bits per heavy atom. The Morgan fingerprint density at radius 1 is 1.55 bits per heavy atom. The lowest BCUT2D eigenvalue weighted by atomic mass is 10.2. The molecule has 0 saturated carbocycles. The second kappa shape index (κ2) is 3.59. The summed E-state index contributed by atoms with van der Waals surface area (Å²) in [4.78, 5) is 10.3. The van der Waals surface area contributed by atoms with Crippen LogP contribution in [0.1, 0.15) is 20.3 Å². The van der Waals surface area contributed by atoms with Gasteiger partial charge < -0.3 is 5.32 Å². The summed E-state index contributed by atoms with van der Waals surface area (Å²) in [6.45, 7) is 2.50. The zero-order valence-electron chi connectivity index (χ0n) is 6.33. The van der Waals surface area contributed by atoms with Gasteiger partial charge in [-0.25, -0.2) is 0 Å². The van der Waals surface area contributed by atoms with Gasteiger partial charge >= 0.3 is 6.18 Å². The maximum Gasteiger partial charge on any atom is 0.391 e. The fourth-order valence-electron chi connectivity index (χ4n) is 0.745. The number of hydrogen-bond donors (Lipinski definition) is 1. The Labute approximate surface area is 62.8 Å². The molecule has 0 aromatic rings. The van der Waals surface area contributed by atoms with E-state index < -0.39 is 24.5 Å². The average molecular weight is 169 g/mol. The summed E-state index contributed by atoms with van der Waals surface area (Å²) in [7, 11) is 0. The van der Waals surface area contributed by atoms with Crippen LogP contribution in [0.5, 0.6) is 0 Å². The van der Waals surface area contributed by atoms with Gasteiger partial charge in [-0.05, 0) is 6.92 Å². The Bertz CT molecular complexity index is 143. The maximum atomic E-state index is 11.6. The van der Waals surface area contributed by atoms with Crippen LogP contribution in [0, 0.1) is 0 Å². The van der Waals surface area contributed by atoms with Crippen molar-refractivity contribution in [2.24, 2.45) is 0 Å². The molecule has 0 radical (unpaired) electrons. The van der Waals surface area contributed by atoms with Crippen LogP contribution in [0.4, 0.5) is 13.2 Å². The van der Waals surface area contributed by atoms with Crippen molar-refractivity contribution < 1.29 is 18.0 Å². The number of halogens is 3. The molecule has 0 heterocycles. The van der Waals surface area contributed by atoms with Crippen molar-refractivity contribution >= 4 is 5.91 Å². The Morgan fingerprint density at radius 3 is 2.27 bits per heavy atom. The minimum absolute atomic E-state index is 0.443. The van der Waals surface area contributed by atoms with E-state index in [-0.39, 0.29) is 0 Å². The van der Waals surface area contributed by atoms with Crippen molar-refractivity contribution in [2.45, 2.75) is 32.5 Å². The maximum absolute atomic E-state index is 11.6. The van der Waals surface area contributed by atoms with E-state index in [4.69, 9.17) is 0 Å². The zero-order chi connectivity index (χ0) is 9.07. The highest BCUT2D eigenvalue weighted by molar-refractivity contribution is 5.73. The third kappa shape index (κ3) is 7.15. The van der Waals surface area contributed by atoms with E-state index in [0.29, 0.717) is 0 Å². The summed E-state index contributed by atoms with van der Waals surface area (Å²) < 4.78 is 34.8. The van der Waals surface area contributed by atoms with Gasteiger partial charge in [0.15, 0.2) is 0 Å². The van der Waals surface area contributed by atoms with Gasteiger partial charge in [-0.2, -0.15) is 13.2 Å². The first-order chi connectivity index (χ1) is 4.81. The summed E-state index contributed by atoms with van der Waals surface area (Å²) in [5, 5.41) is 2.14. The van der Waals surface area contributed by atoms with Crippen molar-refractivity contribution in [1.29, 1.82) is 0 Å². The molecule has 0 aliphatic rings. The number of carbonyl (C=O) groups excluding carboxylic acids is 1. The molecule has 2 nitrogen and oxygen atoms in total. The third-order valence-corrected chi connectivity index (χ3v) is 0.987. The second-order valence-corrected chi connectivity index (χ2v) is 2.42. The minimum atomic E-state index is -4.21. The molecular formula is C6H10F3NO. The molecule has 1 N–H and O–H groups in total. The lowest BCUT2D eigenvalue weighted by molar-refractivity contribution is -0.141. The van der Waals surface area contributed by atoms with Crippen LogP contribution in [0.15, 0.2) is 0 Å². The van der Waals surface area contributed by atoms with E-state index in [1.807, 2.05) is 0 Å². The van der Waals surface area contributed by atoms with Gasteiger partial charge in [0.1, 0.15) is 0 Å². The molecule has 0 spiro atoms. The smallest absolute Gasteiger partial charge is 0.354 e. The first kappa shape index (κ1) is 10.3. The molecular weight excluding hydrogens is 159 g/mol. The largest absolute Gasteiger partial charge is 0.391 e. The average Bonchev–Trinajstić information content (AvgIpc) is 1.53. The van der Waals surface area contributed by atoms with E-state index in [9.17, 15) is 18.0 Å². The SMILES string of the molecule is CC(=O)NC(C)CC(F)(F)F. The molecule has 66 valence electrons. The predicted molar refractivity (Wildman–Crippen MR) is 34.0 cm³/mol. The first-order valence-electron chi connectivity index (χ1n) is 3.15. The fraction of sp³-hybridized carbons (Fsp3) is 0.833. The van der Waals surface area contributed by atoms with Gasteiger partial charge in [0.2, 0.25) is 5.91 Å². The molecule has 5 heteroatoms. The molecule has 1 atom stereocenters. The normalized spacial score (nSPS) is 14.3. The Kier molecular flexibility index (Phi) is 3.35. The Hall–Kier alpha value is -0.740. The van der Waals surface area contributed by atoms with Crippen LogP contribution in [0.3, 0.4) is 0 Å². The highest BCUT2D eigenvalue weighted by Gasteiger charge is 2.30. The van der Waals surface area contributed by atoms with Gasteiger partial charge in [-0.15, -0.1) is 0 Å². The van der Waals surface area contributed by atoms with Gasteiger partial charge in [0.05, 0.1) is 6.42 Å². The highest BCUT2D eigenvalue weighted by atomic mass is 19.4. The van der Waals surface area contributed by atoms with E-state index in [1.54, 1.807) is 0 Å². The van der Waals surface area contributed by atoms with Crippen LogP contribution in [-0.2, 0) is 4.79 Å². The first-order valence-corrected chi connectivity index (χ1v) is 3.15. The zero-order valence-corrected chi connectivity index (χ0v) is 6.33. The van der Waals surface area contributed by atoms with Gasteiger partial charge in [-0.3, -0.25) is 4.79 Å².